The Labute approximate surface area is 62.1 Å². The highest BCUT2D eigenvalue weighted by Crippen LogP contribution is 2.07. The summed E-state index contributed by atoms with van der Waals surface area (Å²) in [6.07, 6.45) is 5.85. The molecule has 0 amide bonds. The largest absolute Gasteiger partial charge is 0.264 e. The fourth-order valence-corrected chi connectivity index (χ4v) is 0.859. The number of nitrogens with zero attached hydrogens (tertiary/aromatic N) is 1. The third-order valence-electron chi connectivity index (χ3n) is 1.21. The van der Waals surface area contributed by atoms with Crippen LogP contribution in [0.5, 0.6) is 0 Å². The first-order chi connectivity index (χ1) is 4.79. The minimum atomic E-state index is 0.601. The number of hydrogen-bond donors (Lipinski definition) is 0. The van der Waals surface area contributed by atoms with Crippen molar-refractivity contribution in [3.8, 4) is 0 Å². The van der Waals surface area contributed by atoms with Crippen LogP contribution in [0.2, 0.25) is 0 Å². The molecule has 0 saturated heterocycles. The lowest BCUT2D eigenvalue weighted by Crippen LogP contribution is -1.90. The Morgan fingerprint density at radius 2 is 2.30 bits per heavy atom. The van der Waals surface area contributed by atoms with Crippen LogP contribution in [0.3, 0.4) is 0 Å². The van der Waals surface area contributed by atoms with Gasteiger partial charge in [-0.2, -0.15) is 0 Å². The predicted octanol–water partition coefficient (Wildman–Crippen LogP) is 2.29. The zero-order chi connectivity index (χ0) is 7.40. The molecule has 0 bridgehead atoms. The van der Waals surface area contributed by atoms with E-state index in [2.05, 4.69) is 31.3 Å². The van der Waals surface area contributed by atoms with E-state index in [1.54, 1.807) is 6.20 Å². The van der Waals surface area contributed by atoms with Crippen molar-refractivity contribution in [1.29, 1.82) is 0 Å². The molecule has 0 aliphatic carbocycles. The zero-order valence-corrected chi connectivity index (χ0v) is 6.41. The molecule has 0 spiro atoms. The minimum absolute atomic E-state index is 0.601. The Kier molecular flexibility index (Phi) is 2.43. The fourth-order valence-electron chi connectivity index (χ4n) is 0.859. The van der Waals surface area contributed by atoms with Gasteiger partial charge in [0.25, 0.3) is 0 Å². The Morgan fingerprint density at radius 3 is 2.80 bits per heavy atom. The molecule has 1 heterocycles. The summed E-state index contributed by atoms with van der Waals surface area (Å²) in [6.45, 7) is 4.32. The van der Waals surface area contributed by atoms with E-state index in [-0.39, 0.29) is 0 Å². The van der Waals surface area contributed by atoms with Gasteiger partial charge in [0, 0.05) is 12.4 Å². The van der Waals surface area contributed by atoms with Crippen LogP contribution in [-0.2, 0) is 0 Å². The predicted molar refractivity (Wildman–Crippen MR) is 42.5 cm³/mol. The van der Waals surface area contributed by atoms with Crippen LogP contribution in [0.25, 0.3) is 0 Å². The van der Waals surface area contributed by atoms with E-state index in [4.69, 9.17) is 0 Å². The maximum atomic E-state index is 4.01. The average Bonchev–Trinajstić information content (AvgIpc) is 1.88. The lowest BCUT2D eigenvalue weighted by Gasteiger charge is -2.01. The molecule has 0 aliphatic rings. The van der Waals surface area contributed by atoms with Gasteiger partial charge in [0.15, 0.2) is 0 Å². The van der Waals surface area contributed by atoms with Crippen LogP contribution in [-0.4, -0.2) is 4.98 Å². The summed E-state index contributed by atoms with van der Waals surface area (Å²) < 4.78 is 0. The highest BCUT2D eigenvalue weighted by molar-refractivity contribution is 5.18. The topological polar surface area (TPSA) is 12.9 Å². The summed E-state index contributed by atoms with van der Waals surface area (Å²) in [5.41, 5.74) is 1.21. The quantitative estimate of drug-likeness (QED) is 0.604. The SMILES string of the molecule is CC(C)[CH]c1cccnc1. The van der Waals surface area contributed by atoms with Crippen LogP contribution < -0.4 is 0 Å². The second-order valence-electron chi connectivity index (χ2n) is 2.70. The van der Waals surface area contributed by atoms with Crippen LogP contribution in [0.1, 0.15) is 19.4 Å². The van der Waals surface area contributed by atoms with Crippen molar-refractivity contribution in [3.05, 3.63) is 36.5 Å². The van der Waals surface area contributed by atoms with Crippen molar-refractivity contribution in [2.45, 2.75) is 13.8 Å². The Morgan fingerprint density at radius 1 is 1.50 bits per heavy atom. The van der Waals surface area contributed by atoms with Gasteiger partial charge in [0.05, 0.1) is 0 Å². The van der Waals surface area contributed by atoms with E-state index in [1.165, 1.54) is 5.56 Å². The highest BCUT2D eigenvalue weighted by Gasteiger charge is 1.95. The molecule has 53 valence electrons. The van der Waals surface area contributed by atoms with Crippen LogP contribution in [0.4, 0.5) is 0 Å². The molecule has 0 fully saturated rings. The van der Waals surface area contributed by atoms with Crippen molar-refractivity contribution in [2.75, 3.05) is 0 Å². The molecule has 1 nitrogen and oxygen atoms in total. The van der Waals surface area contributed by atoms with E-state index in [0.29, 0.717) is 5.92 Å². The molecule has 0 unspecified atom stereocenters. The van der Waals surface area contributed by atoms with Gasteiger partial charge in [-0.1, -0.05) is 19.9 Å². The lowest BCUT2D eigenvalue weighted by atomic mass is 10.1. The Balaban J connectivity index is 2.59. The van der Waals surface area contributed by atoms with Crippen LogP contribution in [0, 0.1) is 12.3 Å². The van der Waals surface area contributed by atoms with Crippen molar-refractivity contribution in [1.82, 2.24) is 4.98 Å². The van der Waals surface area contributed by atoms with E-state index in [9.17, 15) is 0 Å². The van der Waals surface area contributed by atoms with Crippen LogP contribution >= 0.6 is 0 Å². The van der Waals surface area contributed by atoms with E-state index in [1.807, 2.05) is 12.3 Å². The van der Waals surface area contributed by atoms with E-state index >= 15 is 0 Å². The monoisotopic (exact) mass is 134 g/mol. The molecule has 0 N–H and O–H groups in total. The van der Waals surface area contributed by atoms with Gasteiger partial charge in [0.1, 0.15) is 0 Å². The van der Waals surface area contributed by atoms with Crippen molar-refractivity contribution < 1.29 is 0 Å². The summed E-state index contributed by atoms with van der Waals surface area (Å²) >= 11 is 0. The van der Waals surface area contributed by atoms with Gasteiger partial charge >= 0.3 is 0 Å². The molecule has 1 aromatic rings. The van der Waals surface area contributed by atoms with Gasteiger partial charge < -0.3 is 0 Å². The molecule has 0 saturated carbocycles. The Bertz CT molecular complexity index is 179. The van der Waals surface area contributed by atoms with Gasteiger partial charge in [-0.25, -0.2) is 0 Å². The second kappa shape index (κ2) is 3.35. The summed E-state index contributed by atoms with van der Waals surface area (Å²) in [4.78, 5) is 4.01. The van der Waals surface area contributed by atoms with Crippen LogP contribution in [0.15, 0.2) is 24.5 Å². The summed E-state index contributed by atoms with van der Waals surface area (Å²) in [6, 6.07) is 4.02. The first-order valence-corrected chi connectivity index (χ1v) is 3.54. The third-order valence-corrected chi connectivity index (χ3v) is 1.21. The summed E-state index contributed by atoms with van der Waals surface area (Å²) in [7, 11) is 0. The number of hydrogen-bond acceptors (Lipinski definition) is 1. The Hall–Kier alpha value is -0.850. The number of aromatic nitrogens is 1. The maximum absolute atomic E-state index is 4.01. The fraction of sp³-hybridized carbons (Fsp3) is 0.333. The van der Waals surface area contributed by atoms with Gasteiger partial charge in [0.2, 0.25) is 0 Å². The molecular weight excluding hydrogens is 122 g/mol. The molecular formula is C9H12N. The first-order valence-electron chi connectivity index (χ1n) is 3.54. The molecule has 0 aliphatic heterocycles. The van der Waals surface area contributed by atoms with Crippen molar-refractivity contribution in [2.24, 2.45) is 5.92 Å². The highest BCUT2D eigenvalue weighted by atomic mass is 14.6. The summed E-state index contributed by atoms with van der Waals surface area (Å²) in [5.74, 6) is 0.601. The van der Waals surface area contributed by atoms with Gasteiger partial charge in [-0.3, -0.25) is 4.98 Å². The molecule has 1 radical (unpaired) electrons. The lowest BCUT2D eigenvalue weighted by molar-refractivity contribution is 0.775. The normalized spacial score (nSPS) is 10.3. The standard InChI is InChI=1S/C9H12N/c1-8(2)6-9-4-3-5-10-7-9/h3-8H,1-2H3. The number of pyridine rings is 1. The summed E-state index contributed by atoms with van der Waals surface area (Å²) in [5, 5.41) is 0. The molecule has 10 heavy (non-hydrogen) atoms. The van der Waals surface area contributed by atoms with E-state index < -0.39 is 0 Å². The molecule has 1 aromatic heterocycles. The molecule has 1 rings (SSSR count). The van der Waals surface area contributed by atoms with Gasteiger partial charge in [-0.05, 0) is 24.0 Å². The second-order valence-corrected chi connectivity index (χ2v) is 2.70. The van der Waals surface area contributed by atoms with Crippen molar-refractivity contribution in [3.63, 3.8) is 0 Å². The molecule has 1 heteroatoms. The smallest absolute Gasteiger partial charge is 0.0303 e. The maximum Gasteiger partial charge on any atom is 0.0303 e. The van der Waals surface area contributed by atoms with E-state index in [0.717, 1.165) is 0 Å². The minimum Gasteiger partial charge on any atom is -0.264 e. The first kappa shape index (κ1) is 7.26. The third kappa shape index (κ3) is 2.18. The number of rotatable bonds is 2. The van der Waals surface area contributed by atoms with Crippen molar-refractivity contribution >= 4 is 0 Å². The molecule has 0 aromatic carbocycles. The van der Waals surface area contributed by atoms with Gasteiger partial charge in [-0.15, -0.1) is 0 Å². The zero-order valence-electron chi connectivity index (χ0n) is 6.41. The average molecular weight is 134 g/mol. The molecule has 0 atom stereocenters.